The van der Waals surface area contributed by atoms with Crippen LogP contribution in [-0.2, 0) is 6.54 Å². The van der Waals surface area contributed by atoms with Gasteiger partial charge in [-0.25, -0.2) is 0 Å². The minimum atomic E-state index is -0.0429. The van der Waals surface area contributed by atoms with Crippen LogP contribution in [0, 0.1) is 6.92 Å². The van der Waals surface area contributed by atoms with Crippen LogP contribution < -0.4 is 5.32 Å². The number of nitrogens with one attached hydrogen (secondary N) is 1. The van der Waals surface area contributed by atoms with E-state index in [1.165, 1.54) is 0 Å². The molecule has 0 unspecified atom stereocenters. The first-order chi connectivity index (χ1) is 11.5. The van der Waals surface area contributed by atoms with Crippen LogP contribution in [0.15, 0.2) is 48.5 Å². The molecule has 2 aromatic carbocycles. The van der Waals surface area contributed by atoms with Gasteiger partial charge < -0.3 is 9.88 Å². The monoisotopic (exact) mass is 320 g/mol. The van der Waals surface area contributed by atoms with E-state index in [-0.39, 0.29) is 5.91 Å². The highest BCUT2D eigenvalue weighted by Crippen LogP contribution is 2.28. The van der Waals surface area contributed by atoms with Crippen molar-refractivity contribution in [1.82, 2.24) is 4.57 Å². The molecule has 0 radical (unpaired) electrons. The molecule has 0 spiro atoms. The Balaban J connectivity index is 2.06. The van der Waals surface area contributed by atoms with Gasteiger partial charge in [-0.3, -0.25) is 4.79 Å². The second-order valence-corrected chi connectivity index (χ2v) is 6.43. The van der Waals surface area contributed by atoms with Crippen LogP contribution in [0.3, 0.4) is 0 Å². The highest BCUT2D eigenvalue weighted by molar-refractivity contribution is 6.08. The van der Waals surface area contributed by atoms with Gasteiger partial charge in [0.1, 0.15) is 5.69 Å². The van der Waals surface area contributed by atoms with Gasteiger partial charge in [0.05, 0.1) is 0 Å². The van der Waals surface area contributed by atoms with Crippen molar-refractivity contribution in [3.05, 3.63) is 65.4 Å². The van der Waals surface area contributed by atoms with E-state index in [0.717, 1.165) is 40.0 Å². The number of fused-ring (bicyclic) bond motifs is 1. The lowest BCUT2D eigenvalue weighted by Crippen LogP contribution is -2.18. The summed E-state index contributed by atoms with van der Waals surface area (Å²) in [6, 6.07) is 16.2. The van der Waals surface area contributed by atoms with Crippen LogP contribution in [0.5, 0.6) is 0 Å². The van der Waals surface area contributed by atoms with Crippen molar-refractivity contribution in [3.8, 4) is 0 Å². The van der Waals surface area contributed by atoms with Crippen molar-refractivity contribution < 1.29 is 4.79 Å². The molecule has 3 nitrogen and oxygen atoms in total. The van der Waals surface area contributed by atoms with Crippen LogP contribution in [0.25, 0.3) is 10.9 Å². The number of para-hydroxylation sites is 2. The molecule has 1 aromatic heterocycles. The highest BCUT2D eigenvalue weighted by Gasteiger charge is 2.20. The zero-order valence-electron chi connectivity index (χ0n) is 14.8. The molecule has 1 heterocycles. The molecule has 1 amide bonds. The summed E-state index contributed by atoms with van der Waals surface area (Å²) < 4.78 is 2.10. The second kappa shape index (κ2) is 6.52. The first-order valence-corrected chi connectivity index (χ1v) is 8.52. The van der Waals surface area contributed by atoms with E-state index in [2.05, 4.69) is 48.9 Å². The predicted octanol–water partition coefficient (Wildman–Crippen LogP) is 5.35. The first kappa shape index (κ1) is 16.3. The van der Waals surface area contributed by atoms with Gasteiger partial charge in [-0.1, -0.05) is 50.2 Å². The summed E-state index contributed by atoms with van der Waals surface area (Å²) >= 11 is 0. The molecule has 3 rings (SSSR count). The van der Waals surface area contributed by atoms with Crippen molar-refractivity contribution in [1.29, 1.82) is 0 Å². The number of rotatable bonds is 4. The molecule has 1 N–H and O–H groups in total. The second-order valence-electron chi connectivity index (χ2n) is 6.43. The number of carbonyl (C=O) groups excluding carboxylic acids is 1. The Labute approximate surface area is 143 Å². The Morgan fingerprint density at radius 2 is 1.75 bits per heavy atom. The summed E-state index contributed by atoms with van der Waals surface area (Å²) in [5, 5.41) is 4.27. The summed E-state index contributed by atoms with van der Waals surface area (Å²) in [6.45, 7) is 9.14. The minimum Gasteiger partial charge on any atom is -0.337 e. The van der Waals surface area contributed by atoms with Gasteiger partial charge in [-0.15, -0.1) is 0 Å². The van der Waals surface area contributed by atoms with Gasteiger partial charge in [-0.2, -0.15) is 0 Å². The third kappa shape index (κ3) is 2.71. The normalized spacial score (nSPS) is 11.2. The molecule has 24 heavy (non-hydrogen) atoms. The third-order valence-electron chi connectivity index (χ3n) is 4.59. The predicted molar refractivity (Wildman–Crippen MR) is 101 cm³/mol. The van der Waals surface area contributed by atoms with Crippen molar-refractivity contribution in [2.24, 2.45) is 0 Å². The van der Waals surface area contributed by atoms with Crippen LogP contribution >= 0.6 is 0 Å². The Morgan fingerprint density at radius 1 is 1.08 bits per heavy atom. The van der Waals surface area contributed by atoms with Gasteiger partial charge >= 0.3 is 0 Å². The number of aryl methyl sites for hydroxylation is 2. The molecule has 0 aliphatic carbocycles. The number of aromatic nitrogens is 1. The lowest BCUT2D eigenvalue weighted by atomic mass is 10.0. The van der Waals surface area contributed by atoms with Gasteiger partial charge in [0.2, 0.25) is 0 Å². The molecule has 0 aliphatic rings. The van der Waals surface area contributed by atoms with E-state index in [0.29, 0.717) is 5.92 Å². The molecule has 0 saturated heterocycles. The average Bonchev–Trinajstić information content (AvgIpc) is 2.87. The summed E-state index contributed by atoms with van der Waals surface area (Å²) in [5.74, 6) is 0.318. The molecular weight excluding hydrogens is 296 g/mol. The fraction of sp³-hybridized carbons (Fsp3) is 0.286. The number of anilines is 1. The largest absolute Gasteiger partial charge is 0.337 e. The van der Waals surface area contributed by atoms with Crippen LogP contribution in [0.2, 0.25) is 0 Å². The minimum absolute atomic E-state index is 0.0429. The fourth-order valence-corrected chi connectivity index (χ4v) is 3.39. The molecule has 0 bridgehead atoms. The Kier molecular flexibility index (Phi) is 4.43. The Bertz CT molecular complexity index is 890. The highest BCUT2D eigenvalue weighted by atomic mass is 16.2. The number of hydrogen-bond acceptors (Lipinski definition) is 1. The van der Waals surface area contributed by atoms with Crippen molar-refractivity contribution in [2.45, 2.75) is 40.2 Å². The number of hydrogen-bond donors (Lipinski definition) is 1. The van der Waals surface area contributed by atoms with Gasteiger partial charge in [0, 0.05) is 23.1 Å². The maximum atomic E-state index is 13.0. The quantitative estimate of drug-likeness (QED) is 0.691. The lowest BCUT2D eigenvalue weighted by Gasteiger charge is -2.15. The SMILES string of the molecule is CCn1c(C(=O)Nc2ccccc2C(C)C)c(C)c2ccccc21. The smallest absolute Gasteiger partial charge is 0.272 e. The first-order valence-electron chi connectivity index (χ1n) is 8.52. The topological polar surface area (TPSA) is 34.0 Å². The van der Waals surface area contributed by atoms with E-state index in [1.54, 1.807) is 0 Å². The molecule has 0 atom stereocenters. The Hall–Kier alpha value is -2.55. The number of amides is 1. The van der Waals surface area contributed by atoms with E-state index < -0.39 is 0 Å². The van der Waals surface area contributed by atoms with E-state index in [9.17, 15) is 4.79 Å². The van der Waals surface area contributed by atoms with Crippen molar-refractivity contribution in [2.75, 3.05) is 5.32 Å². The van der Waals surface area contributed by atoms with E-state index >= 15 is 0 Å². The third-order valence-corrected chi connectivity index (χ3v) is 4.59. The molecular formula is C21H24N2O. The maximum absolute atomic E-state index is 13.0. The van der Waals surface area contributed by atoms with Crippen molar-refractivity contribution in [3.63, 3.8) is 0 Å². The summed E-state index contributed by atoms with van der Waals surface area (Å²) in [6.07, 6.45) is 0. The summed E-state index contributed by atoms with van der Waals surface area (Å²) in [4.78, 5) is 13.0. The standard InChI is InChI=1S/C21H24N2O/c1-5-23-19-13-9-7-11-17(19)15(4)20(23)21(24)22-18-12-8-6-10-16(18)14(2)3/h6-14H,5H2,1-4H3,(H,22,24). The van der Waals surface area contributed by atoms with E-state index in [1.807, 2.05) is 37.3 Å². The average molecular weight is 320 g/mol. The number of carbonyl (C=O) groups is 1. The molecule has 124 valence electrons. The van der Waals surface area contributed by atoms with Crippen LogP contribution in [0.4, 0.5) is 5.69 Å². The zero-order chi connectivity index (χ0) is 17.3. The van der Waals surface area contributed by atoms with Crippen LogP contribution in [0.1, 0.15) is 48.3 Å². The van der Waals surface area contributed by atoms with Gasteiger partial charge in [0.15, 0.2) is 0 Å². The Morgan fingerprint density at radius 3 is 2.46 bits per heavy atom. The van der Waals surface area contributed by atoms with Gasteiger partial charge in [0.25, 0.3) is 5.91 Å². The zero-order valence-corrected chi connectivity index (χ0v) is 14.8. The van der Waals surface area contributed by atoms with E-state index in [4.69, 9.17) is 0 Å². The fourth-order valence-electron chi connectivity index (χ4n) is 3.39. The molecule has 0 fully saturated rings. The lowest BCUT2D eigenvalue weighted by molar-refractivity contribution is 0.101. The van der Waals surface area contributed by atoms with Gasteiger partial charge in [-0.05, 0) is 43.0 Å². The number of nitrogens with zero attached hydrogens (tertiary/aromatic N) is 1. The number of benzene rings is 2. The maximum Gasteiger partial charge on any atom is 0.272 e. The van der Waals surface area contributed by atoms with Crippen molar-refractivity contribution >= 4 is 22.5 Å². The summed E-state index contributed by atoms with van der Waals surface area (Å²) in [7, 11) is 0. The molecule has 3 aromatic rings. The molecule has 3 heteroatoms. The molecule has 0 aliphatic heterocycles. The molecule has 0 saturated carbocycles. The van der Waals surface area contributed by atoms with Crippen LogP contribution in [-0.4, -0.2) is 10.5 Å². The summed E-state index contributed by atoms with van der Waals surface area (Å²) in [5.41, 5.74) is 4.94.